The second-order valence-electron chi connectivity index (χ2n) is 4.96. The fraction of sp³-hybridized carbons (Fsp3) is 0.786. The van der Waals surface area contributed by atoms with Crippen LogP contribution in [0.5, 0.6) is 0 Å². The number of carbonyl (C=O) groups is 1. The summed E-state index contributed by atoms with van der Waals surface area (Å²) in [6, 6.07) is 0. The van der Waals surface area contributed by atoms with Crippen LogP contribution in [0.4, 0.5) is 0 Å². The lowest BCUT2D eigenvalue weighted by molar-refractivity contribution is -0.117. The van der Waals surface area contributed by atoms with Crippen LogP contribution in [0.15, 0.2) is 12.2 Å². The lowest BCUT2D eigenvalue weighted by Crippen LogP contribution is -2.25. The molecule has 0 spiro atoms. The van der Waals surface area contributed by atoms with Gasteiger partial charge in [-0.2, -0.15) is 0 Å². The Kier molecular flexibility index (Phi) is 9.60. The normalized spacial score (nSPS) is 12.5. The zero-order valence-corrected chi connectivity index (χ0v) is 11.9. The van der Waals surface area contributed by atoms with E-state index in [1.54, 1.807) is 6.92 Å². The summed E-state index contributed by atoms with van der Waals surface area (Å²) >= 11 is 0. The number of aliphatic hydroxyl groups excluding tert-OH is 1. The molecule has 0 rings (SSSR count). The van der Waals surface area contributed by atoms with Crippen molar-refractivity contribution in [2.24, 2.45) is 5.92 Å². The summed E-state index contributed by atoms with van der Waals surface area (Å²) in [5.41, 5.74) is 0.536. The quantitative estimate of drug-likeness (QED) is 0.464. The van der Waals surface area contributed by atoms with Crippen LogP contribution in [0.25, 0.3) is 0 Å². The van der Waals surface area contributed by atoms with Crippen LogP contribution in [0.2, 0.25) is 0 Å². The molecule has 0 heterocycles. The Morgan fingerprint density at radius 3 is 2.56 bits per heavy atom. The van der Waals surface area contributed by atoms with Crippen LogP contribution >= 0.6 is 0 Å². The summed E-state index contributed by atoms with van der Waals surface area (Å²) in [6.07, 6.45) is 3.01. The Hall–Kier alpha value is -0.870. The second-order valence-corrected chi connectivity index (χ2v) is 4.96. The summed E-state index contributed by atoms with van der Waals surface area (Å²) in [4.78, 5) is 11.2. The Bertz CT molecular complexity index is 251. The van der Waals surface area contributed by atoms with E-state index >= 15 is 0 Å². The van der Waals surface area contributed by atoms with Crippen molar-refractivity contribution in [2.75, 3.05) is 19.8 Å². The molecule has 106 valence electrons. The predicted octanol–water partition coefficient (Wildman–Crippen LogP) is 1.88. The molecule has 0 aromatic heterocycles. The molecule has 0 aliphatic heterocycles. The molecule has 2 N–H and O–H groups in total. The number of carbonyl (C=O) groups excluding carboxylic acids is 1. The van der Waals surface area contributed by atoms with Gasteiger partial charge in [-0.25, -0.2) is 0 Å². The number of hydrogen-bond donors (Lipinski definition) is 2. The molecule has 0 saturated heterocycles. The number of ether oxygens (including phenoxy) is 1. The monoisotopic (exact) mass is 257 g/mol. The number of unbranched alkanes of at least 4 members (excludes halogenated alkanes) is 1. The van der Waals surface area contributed by atoms with Gasteiger partial charge in [-0.15, -0.1) is 0 Å². The first-order chi connectivity index (χ1) is 8.47. The minimum Gasteiger partial charge on any atom is -0.396 e. The van der Waals surface area contributed by atoms with Gasteiger partial charge in [-0.1, -0.05) is 13.0 Å². The molecule has 1 unspecified atom stereocenters. The average molecular weight is 257 g/mol. The fourth-order valence-electron chi connectivity index (χ4n) is 1.47. The third-order valence-corrected chi connectivity index (χ3v) is 2.64. The fourth-order valence-corrected chi connectivity index (χ4v) is 1.47. The number of rotatable bonds is 10. The van der Waals surface area contributed by atoms with E-state index < -0.39 is 0 Å². The Balaban J connectivity index is 3.56. The van der Waals surface area contributed by atoms with E-state index in [4.69, 9.17) is 4.74 Å². The molecule has 18 heavy (non-hydrogen) atoms. The van der Waals surface area contributed by atoms with E-state index in [1.807, 2.05) is 13.8 Å². The minimum absolute atomic E-state index is 0.0863. The van der Waals surface area contributed by atoms with Crippen molar-refractivity contribution < 1.29 is 14.6 Å². The second kappa shape index (κ2) is 10.1. The molecule has 0 aromatic rings. The van der Waals surface area contributed by atoms with Gasteiger partial charge in [0.2, 0.25) is 5.91 Å². The zero-order chi connectivity index (χ0) is 14.0. The van der Waals surface area contributed by atoms with Crippen LogP contribution in [0, 0.1) is 5.92 Å². The summed E-state index contributed by atoms with van der Waals surface area (Å²) in [5.74, 6) is 0.112. The van der Waals surface area contributed by atoms with Crippen molar-refractivity contribution in [3.63, 3.8) is 0 Å². The van der Waals surface area contributed by atoms with Crippen LogP contribution < -0.4 is 5.32 Å². The largest absolute Gasteiger partial charge is 0.396 e. The maximum atomic E-state index is 11.2. The molecule has 4 nitrogen and oxygen atoms in total. The molecule has 0 aromatic carbocycles. The van der Waals surface area contributed by atoms with Crippen LogP contribution in [0.1, 0.15) is 40.0 Å². The van der Waals surface area contributed by atoms with Gasteiger partial charge in [0.15, 0.2) is 0 Å². The van der Waals surface area contributed by atoms with E-state index in [-0.39, 0.29) is 24.5 Å². The molecule has 0 aliphatic carbocycles. The smallest absolute Gasteiger partial charge is 0.246 e. The highest BCUT2D eigenvalue weighted by atomic mass is 16.5. The summed E-state index contributed by atoms with van der Waals surface area (Å²) in [7, 11) is 0. The third kappa shape index (κ3) is 9.19. The van der Waals surface area contributed by atoms with Crippen molar-refractivity contribution in [1.82, 2.24) is 5.32 Å². The van der Waals surface area contributed by atoms with E-state index in [1.165, 1.54) is 0 Å². The van der Waals surface area contributed by atoms with Gasteiger partial charge in [0.05, 0.1) is 12.7 Å². The molecular formula is C14H27NO3. The maximum Gasteiger partial charge on any atom is 0.246 e. The van der Waals surface area contributed by atoms with Crippen molar-refractivity contribution in [1.29, 1.82) is 0 Å². The van der Waals surface area contributed by atoms with Crippen molar-refractivity contribution in [3.8, 4) is 0 Å². The summed E-state index contributed by atoms with van der Waals surface area (Å²) in [6.45, 7) is 10.7. The average Bonchev–Trinajstić information content (AvgIpc) is 2.31. The molecule has 1 atom stereocenters. The lowest BCUT2D eigenvalue weighted by atomic mass is 10.0. The van der Waals surface area contributed by atoms with Gasteiger partial charge in [0.1, 0.15) is 0 Å². The van der Waals surface area contributed by atoms with Gasteiger partial charge in [-0.3, -0.25) is 4.79 Å². The highest BCUT2D eigenvalue weighted by molar-refractivity contribution is 5.91. The molecule has 0 bridgehead atoms. The number of hydrogen-bond acceptors (Lipinski definition) is 3. The Morgan fingerprint density at radius 2 is 2.06 bits per heavy atom. The molecule has 0 fully saturated rings. The van der Waals surface area contributed by atoms with Crippen LogP contribution in [-0.4, -0.2) is 36.9 Å². The maximum absolute atomic E-state index is 11.2. The summed E-state index contributed by atoms with van der Waals surface area (Å²) < 4.78 is 5.48. The first-order valence-electron chi connectivity index (χ1n) is 6.63. The molecule has 4 heteroatoms. The van der Waals surface area contributed by atoms with E-state index in [0.29, 0.717) is 18.7 Å². The number of nitrogens with one attached hydrogen (secondary N) is 1. The highest BCUT2D eigenvalue weighted by Crippen LogP contribution is 2.09. The zero-order valence-electron chi connectivity index (χ0n) is 11.9. The third-order valence-electron chi connectivity index (χ3n) is 2.64. The number of amides is 1. The van der Waals surface area contributed by atoms with Crippen LogP contribution in [-0.2, 0) is 9.53 Å². The molecular weight excluding hydrogens is 230 g/mol. The van der Waals surface area contributed by atoms with Gasteiger partial charge in [0.25, 0.3) is 0 Å². The topological polar surface area (TPSA) is 58.6 Å². The van der Waals surface area contributed by atoms with E-state index in [0.717, 1.165) is 19.3 Å². The Morgan fingerprint density at radius 1 is 1.39 bits per heavy atom. The van der Waals surface area contributed by atoms with Gasteiger partial charge < -0.3 is 15.2 Å². The van der Waals surface area contributed by atoms with Gasteiger partial charge in [0, 0.05) is 24.6 Å². The van der Waals surface area contributed by atoms with E-state index in [2.05, 4.69) is 11.9 Å². The van der Waals surface area contributed by atoms with Crippen molar-refractivity contribution >= 4 is 5.91 Å². The van der Waals surface area contributed by atoms with Crippen molar-refractivity contribution in [2.45, 2.75) is 46.1 Å². The standard InChI is InChI=1S/C14H27NO3/c1-11(2)14(17)15-8-6-5-7-13(9-16)10-18-12(3)4/h12-13,16H,1,5-10H2,2-4H3,(H,15,17). The molecule has 1 amide bonds. The predicted molar refractivity (Wildman–Crippen MR) is 73.3 cm³/mol. The Labute approximate surface area is 110 Å². The van der Waals surface area contributed by atoms with Gasteiger partial charge in [-0.05, 0) is 33.6 Å². The van der Waals surface area contributed by atoms with E-state index in [9.17, 15) is 9.90 Å². The lowest BCUT2D eigenvalue weighted by Gasteiger charge is -2.16. The molecule has 0 saturated carbocycles. The van der Waals surface area contributed by atoms with Crippen molar-refractivity contribution in [3.05, 3.63) is 12.2 Å². The summed E-state index contributed by atoms with van der Waals surface area (Å²) in [5, 5.41) is 12.0. The minimum atomic E-state index is -0.0863. The van der Waals surface area contributed by atoms with Gasteiger partial charge >= 0.3 is 0 Å². The van der Waals surface area contributed by atoms with Crippen LogP contribution in [0.3, 0.4) is 0 Å². The SMILES string of the molecule is C=C(C)C(=O)NCCCCC(CO)COC(C)C. The molecule has 0 radical (unpaired) electrons. The first kappa shape index (κ1) is 17.1. The molecule has 0 aliphatic rings. The highest BCUT2D eigenvalue weighted by Gasteiger charge is 2.08. The first-order valence-corrected chi connectivity index (χ1v) is 6.63. The number of aliphatic hydroxyl groups is 1.